The van der Waals surface area contributed by atoms with Crippen molar-refractivity contribution >= 4 is 11.8 Å². The summed E-state index contributed by atoms with van der Waals surface area (Å²) < 4.78 is 0. The fourth-order valence-corrected chi connectivity index (χ4v) is 5.27. The van der Waals surface area contributed by atoms with Crippen LogP contribution in [0, 0.1) is 0 Å². The quantitative estimate of drug-likeness (QED) is 0.341. The number of carbonyl (C=O) groups is 2. The SMILES string of the molecule is C[C@H](NC(=O)C1(c2ccccc2)CCN(C(=O)c2ccc(-c3ccccc3)cc2)CC1)c1ccccc1. The van der Waals surface area contributed by atoms with Gasteiger partial charge in [0.15, 0.2) is 0 Å². The number of amides is 2. The summed E-state index contributed by atoms with van der Waals surface area (Å²) in [6.07, 6.45) is 1.16. The maximum Gasteiger partial charge on any atom is 0.253 e. The number of nitrogens with one attached hydrogen (secondary N) is 1. The van der Waals surface area contributed by atoms with Gasteiger partial charge >= 0.3 is 0 Å². The van der Waals surface area contributed by atoms with Crippen molar-refractivity contribution in [3.05, 3.63) is 132 Å². The summed E-state index contributed by atoms with van der Waals surface area (Å²) in [6.45, 7) is 3.08. The molecule has 5 rings (SSSR count). The van der Waals surface area contributed by atoms with Crippen molar-refractivity contribution in [2.24, 2.45) is 0 Å². The van der Waals surface area contributed by atoms with Crippen LogP contribution in [0.1, 0.15) is 47.3 Å². The number of hydrogen-bond acceptors (Lipinski definition) is 2. The summed E-state index contributed by atoms with van der Waals surface area (Å²) in [5, 5.41) is 3.26. The van der Waals surface area contributed by atoms with Crippen molar-refractivity contribution in [3.63, 3.8) is 0 Å². The van der Waals surface area contributed by atoms with Gasteiger partial charge in [-0.15, -0.1) is 0 Å². The van der Waals surface area contributed by atoms with E-state index in [0.29, 0.717) is 31.5 Å². The van der Waals surface area contributed by atoms with E-state index in [2.05, 4.69) is 17.4 Å². The maximum atomic E-state index is 13.8. The third kappa shape index (κ3) is 5.19. The number of rotatable bonds is 6. The first-order valence-corrected chi connectivity index (χ1v) is 12.9. The van der Waals surface area contributed by atoms with Crippen molar-refractivity contribution in [3.8, 4) is 11.1 Å². The summed E-state index contributed by atoms with van der Waals surface area (Å²) >= 11 is 0. The van der Waals surface area contributed by atoms with Gasteiger partial charge in [-0.25, -0.2) is 0 Å². The molecule has 0 aliphatic carbocycles. The van der Waals surface area contributed by atoms with Gasteiger partial charge < -0.3 is 10.2 Å². The number of piperidine rings is 1. The zero-order valence-corrected chi connectivity index (χ0v) is 21.1. The monoisotopic (exact) mass is 488 g/mol. The fourth-order valence-electron chi connectivity index (χ4n) is 5.27. The van der Waals surface area contributed by atoms with Gasteiger partial charge in [-0.2, -0.15) is 0 Å². The average molecular weight is 489 g/mol. The Bertz CT molecular complexity index is 1330. The largest absolute Gasteiger partial charge is 0.349 e. The Balaban J connectivity index is 1.32. The van der Waals surface area contributed by atoms with E-state index in [9.17, 15) is 9.59 Å². The average Bonchev–Trinajstić information content (AvgIpc) is 2.98. The molecule has 0 unspecified atom stereocenters. The standard InChI is InChI=1S/C33H32N2O2/c1-25(26-11-5-2-6-12-26)34-32(37)33(30-15-9-4-10-16-30)21-23-35(24-22-33)31(36)29-19-17-28(18-20-29)27-13-7-3-8-14-27/h2-20,25H,21-24H2,1H3,(H,34,37)/t25-/m0/s1. The van der Waals surface area contributed by atoms with Gasteiger partial charge in [-0.05, 0) is 54.2 Å². The summed E-state index contributed by atoms with van der Waals surface area (Å²) in [5.41, 5.74) is 4.30. The van der Waals surface area contributed by atoms with Crippen molar-refractivity contribution in [2.45, 2.75) is 31.2 Å². The number of hydrogen-bond donors (Lipinski definition) is 1. The number of likely N-dealkylation sites (tertiary alicyclic amines) is 1. The molecule has 4 aromatic rings. The van der Waals surface area contributed by atoms with E-state index in [-0.39, 0.29) is 17.9 Å². The third-order valence-electron chi connectivity index (χ3n) is 7.55. The lowest BCUT2D eigenvalue weighted by molar-refractivity contribution is -0.129. The van der Waals surface area contributed by atoms with Crippen LogP contribution in [0.3, 0.4) is 0 Å². The number of benzene rings is 4. The minimum Gasteiger partial charge on any atom is -0.349 e. The lowest BCUT2D eigenvalue weighted by Gasteiger charge is -2.41. The highest BCUT2D eigenvalue weighted by atomic mass is 16.2. The minimum atomic E-state index is -0.668. The van der Waals surface area contributed by atoms with Gasteiger partial charge in [-0.3, -0.25) is 9.59 Å². The molecule has 2 amide bonds. The Kier molecular flexibility index (Phi) is 7.18. The van der Waals surface area contributed by atoms with E-state index in [1.807, 2.05) is 115 Å². The Morgan fingerprint density at radius 2 is 1.22 bits per heavy atom. The highest BCUT2D eigenvalue weighted by molar-refractivity contribution is 5.95. The van der Waals surface area contributed by atoms with Crippen LogP contribution in [0.15, 0.2) is 115 Å². The molecule has 186 valence electrons. The second-order valence-electron chi connectivity index (χ2n) is 9.79. The summed E-state index contributed by atoms with van der Waals surface area (Å²) in [5.74, 6) is 0.0358. The molecule has 1 fully saturated rings. The zero-order valence-electron chi connectivity index (χ0n) is 21.1. The highest BCUT2D eigenvalue weighted by Gasteiger charge is 2.44. The van der Waals surface area contributed by atoms with E-state index in [1.165, 1.54) is 0 Å². The molecule has 1 N–H and O–H groups in total. The maximum absolute atomic E-state index is 13.8. The van der Waals surface area contributed by atoms with Crippen LogP contribution in [0.4, 0.5) is 0 Å². The third-order valence-corrected chi connectivity index (χ3v) is 7.55. The van der Waals surface area contributed by atoms with Gasteiger partial charge in [0.05, 0.1) is 11.5 Å². The predicted octanol–water partition coefficient (Wildman–Crippen LogP) is 6.41. The zero-order chi connectivity index (χ0) is 25.7. The lowest BCUT2D eigenvalue weighted by atomic mass is 9.71. The molecular formula is C33H32N2O2. The Hall–Kier alpha value is -4.18. The first-order valence-electron chi connectivity index (χ1n) is 12.9. The topological polar surface area (TPSA) is 49.4 Å². The van der Waals surface area contributed by atoms with Crippen molar-refractivity contribution < 1.29 is 9.59 Å². The molecule has 4 nitrogen and oxygen atoms in total. The van der Waals surface area contributed by atoms with Crippen LogP contribution in [0.5, 0.6) is 0 Å². The van der Waals surface area contributed by atoms with Gasteiger partial charge in [0, 0.05) is 18.7 Å². The fraction of sp³-hybridized carbons (Fsp3) is 0.212. The lowest BCUT2D eigenvalue weighted by Crippen LogP contribution is -2.53. The van der Waals surface area contributed by atoms with Crippen molar-refractivity contribution in [2.75, 3.05) is 13.1 Å². The normalized spacial score (nSPS) is 15.5. The molecule has 1 heterocycles. The van der Waals surface area contributed by atoms with Gasteiger partial charge in [0.1, 0.15) is 0 Å². The molecule has 1 aliphatic rings. The molecular weight excluding hydrogens is 456 g/mol. The number of nitrogens with zero attached hydrogens (tertiary/aromatic N) is 1. The van der Waals surface area contributed by atoms with E-state index in [0.717, 1.165) is 22.3 Å². The van der Waals surface area contributed by atoms with E-state index >= 15 is 0 Å². The molecule has 4 heteroatoms. The first kappa shape index (κ1) is 24.5. The van der Waals surface area contributed by atoms with Crippen molar-refractivity contribution in [1.29, 1.82) is 0 Å². The van der Waals surface area contributed by atoms with Crippen LogP contribution in [0.25, 0.3) is 11.1 Å². The predicted molar refractivity (Wildman–Crippen MR) is 148 cm³/mol. The second-order valence-corrected chi connectivity index (χ2v) is 9.79. The van der Waals surface area contributed by atoms with Gasteiger partial charge in [0.25, 0.3) is 5.91 Å². The van der Waals surface area contributed by atoms with E-state index < -0.39 is 5.41 Å². The summed E-state index contributed by atoms with van der Waals surface area (Å²) in [7, 11) is 0. The molecule has 0 bridgehead atoms. The van der Waals surface area contributed by atoms with Crippen LogP contribution < -0.4 is 5.32 Å². The Labute approximate surface area is 219 Å². The molecule has 0 saturated carbocycles. The summed E-state index contributed by atoms with van der Waals surface area (Å²) in [6, 6.07) is 37.9. The van der Waals surface area contributed by atoms with Crippen LogP contribution in [0.2, 0.25) is 0 Å². The van der Waals surface area contributed by atoms with E-state index in [1.54, 1.807) is 0 Å². The molecule has 37 heavy (non-hydrogen) atoms. The minimum absolute atomic E-state index is 0.0133. The number of carbonyl (C=O) groups excluding carboxylic acids is 2. The molecule has 1 saturated heterocycles. The molecule has 1 atom stereocenters. The highest BCUT2D eigenvalue weighted by Crippen LogP contribution is 2.37. The van der Waals surface area contributed by atoms with Crippen LogP contribution >= 0.6 is 0 Å². The van der Waals surface area contributed by atoms with E-state index in [4.69, 9.17) is 0 Å². The van der Waals surface area contributed by atoms with Crippen LogP contribution in [-0.2, 0) is 10.2 Å². The van der Waals surface area contributed by atoms with Crippen molar-refractivity contribution in [1.82, 2.24) is 10.2 Å². The van der Waals surface area contributed by atoms with Gasteiger partial charge in [0.2, 0.25) is 5.91 Å². The molecule has 4 aromatic carbocycles. The smallest absolute Gasteiger partial charge is 0.253 e. The second kappa shape index (κ2) is 10.8. The van der Waals surface area contributed by atoms with Gasteiger partial charge in [-0.1, -0.05) is 103 Å². The Morgan fingerprint density at radius 1 is 0.703 bits per heavy atom. The molecule has 0 aromatic heterocycles. The summed E-state index contributed by atoms with van der Waals surface area (Å²) in [4.78, 5) is 29.0. The molecule has 0 radical (unpaired) electrons. The molecule has 1 aliphatic heterocycles. The molecule has 0 spiro atoms. The van der Waals surface area contributed by atoms with Crippen LogP contribution in [-0.4, -0.2) is 29.8 Å². The first-order chi connectivity index (χ1) is 18.1. The Morgan fingerprint density at radius 3 is 1.81 bits per heavy atom.